The molecule has 1 aliphatic carbocycles. The Balaban J connectivity index is 2.19. The number of rotatable bonds is 3. The number of nitrogens with zero attached hydrogens (tertiary/aromatic N) is 4. The third-order valence-electron chi connectivity index (χ3n) is 3.45. The molecule has 0 unspecified atom stereocenters. The maximum atomic E-state index is 13.9. The van der Waals surface area contributed by atoms with E-state index in [1.165, 1.54) is 0 Å². The SMILES string of the molecule is CCc1cc(-n2nnnc2C)c(C2CC2)cc1F. The minimum absolute atomic E-state index is 0.117. The molecule has 2 aromatic rings. The first-order valence-corrected chi connectivity index (χ1v) is 6.28. The highest BCUT2D eigenvalue weighted by Gasteiger charge is 2.28. The highest BCUT2D eigenvalue weighted by Crippen LogP contribution is 2.43. The maximum absolute atomic E-state index is 13.9. The van der Waals surface area contributed by atoms with E-state index in [1.54, 1.807) is 10.7 Å². The third kappa shape index (κ3) is 1.79. The van der Waals surface area contributed by atoms with Crippen LogP contribution < -0.4 is 0 Å². The Bertz CT molecular complexity index is 587. The van der Waals surface area contributed by atoms with Crippen LogP contribution in [0, 0.1) is 12.7 Å². The van der Waals surface area contributed by atoms with Gasteiger partial charge in [0.2, 0.25) is 0 Å². The molecule has 4 nitrogen and oxygen atoms in total. The van der Waals surface area contributed by atoms with Crippen LogP contribution in [0.2, 0.25) is 0 Å². The summed E-state index contributed by atoms with van der Waals surface area (Å²) in [5.74, 6) is 1.07. The summed E-state index contributed by atoms with van der Waals surface area (Å²) in [6.07, 6.45) is 2.92. The predicted octanol–water partition coefficient (Wildman–Crippen LogP) is 2.55. The fourth-order valence-electron chi connectivity index (χ4n) is 2.25. The number of benzene rings is 1. The van der Waals surface area contributed by atoms with Crippen molar-refractivity contribution in [2.75, 3.05) is 0 Å². The summed E-state index contributed by atoms with van der Waals surface area (Å²) in [6.45, 7) is 3.80. The molecule has 1 aromatic heterocycles. The largest absolute Gasteiger partial charge is 0.207 e. The fraction of sp³-hybridized carbons (Fsp3) is 0.462. The zero-order valence-corrected chi connectivity index (χ0v) is 10.5. The van der Waals surface area contributed by atoms with Crippen molar-refractivity contribution in [1.82, 2.24) is 20.2 Å². The summed E-state index contributed by atoms with van der Waals surface area (Å²) < 4.78 is 15.6. The van der Waals surface area contributed by atoms with Crippen LogP contribution in [0.4, 0.5) is 4.39 Å². The summed E-state index contributed by atoms with van der Waals surface area (Å²) in [7, 11) is 0. The topological polar surface area (TPSA) is 43.6 Å². The number of hydrogen-bond donors (Lipinski definition) is 0. The van der Waals surface area contributed by atoms with E-state index in [1.807, 2.05) is 19.9 Å². The lowest BCUT2D eigenvalue weighted by Gasteiger charge is -2.12. The molecule has 1 aromatic carbocycles. The van der Waals surface area contributed by atoms with Gasteiger partial charge in [-0.3, -0.25) is 0 Å². The highest BCUT2D eigenvalue weighted by molar-refractivity contribution is 5.48. The van der Waals surface area contributed by atoms with E-state index in [0.717, 1.165) is 29.9 Å². The minimum Gasteiger partial charge on any atom is -0.207 e. The normalized spacial score (nSPS) is 15.1. The van der Waals surface area contributed by atoms with E-state index < -0.39 is 0 Å². The molecule has 0 N–H and O–H groups in total. The Kier molecular flexibility index (Phi) is 2.61. The fourth-order valence-corrected chi connectivity index (χ4v) is 2.25. The van der Waals surface area contributed by atoms with Gasteiger partial charge in [-0.15, -0.1) is 5.10 Å². The first-order chi connectivity index (χ1) is 8.70. The zero-order chi connectivity index (χ0) is 12.7. The van der Waals surface area contributed by atoms with Gasteiger partial charge in [0.05, 0.1) is 5.69 Å². The van der Waals surface area contributed by atoms with Crippen molar-refractivity contribution >= 4 is 0 Å². The van der Waals surface area contributed by atoms with Gasteiger partial charge in [-0.2, -0.15) is 4.68 Å². The van der Waals surface area contributed by atoms with Crippen LogP contribution in [0.15, 0.2) is 12.1 Å². The first-order valence-electron chi connectivity index (χ1n) is 6.28. The average Bonchev–Trinajstić information content (AvgIpc) is 3.12. The van der Waals surface area contributed by atoms with Crippen molar-refractivity contribution in [2.45, 2.75) is 39.0 Å². The van der Waals surface area contributed by atoms with Crippen LogP contribution in [0.25, 0.3) is 5.69 Å². The van der Waals surface area contributed by atoms with Gasteiger partial charge < -0.3 is 0 Å². The van der Waals surface area contributed by atoms with Crippen molar-refractivity contribution in [3.05, 3.63) is 34.9 Å². The molecular formula is C13H15FN4. The zero-order valence-electron chi connectivity index (χ0n) is 10.5. The molecule has 1 aliphatic rings. The Morgan fingerprint density at radius 3 is 2.72 bits per heavy atom. The molecule has 1 fully saturated rings. The molecule has 0 bridgehead atoms. The van der Waals surface area contributed by atoms with Crippen molar-refractivity contribution in [3.8, 4) is 5.69 Å². The monoisotopic (exact) mass is 246 g/mol. The minimum atomic E-state index is -0.117. The van der Waals surface area contributed by atoms with Crippen molar-refractivity contribution in [3.63, 3.8) is 0 Å². The van der Waals surface area contributed by atoms with Gasteiger partial charge in [0.25, 0.3) is 0 Å². The number of aromatic nitrogens is 4. The second-order valence-electron chi connectivity index (χ2n) is 4.77. The molecule has 0 spiro atoms. The lowest BCUT2D eigenvalue weighted by atomic mass is 10.0. The van der Waals surface area contributed by atoms with Gasteiger partial charge in [-0.25, -0.2) is 4.39 Å². The quantitative estimate of drug-likeness (QED) is 0.836. The van der Waals surface area contributed by atoms with Gasteiger partial charge in [-0.05, 0) is 65.8 Å². The Morgan fingerprint density at radius 2 is 2.17 bits per heavy atom. The first kappa shape index (κ1) is 11.3. The molecule has 94 valence electrons. The lowest BCUT2D eigenvalue weighted by molar-refractivity contribution is 0.607. The average molecular weight is 246 g/mol. The van der Waals surface area contributed by atoms with E-state index in [0.29, 0.717) is 17.9 Å². The Morgan fingerprint density at radius 1 is 1.39 bits per heavy atom. The molecule has 0 aliphatic heterocycles. The number of aryl methyl sites for hydroxylation is 2. The molecular weight excluding hydrogens is 231 g/mol. The smallest absolute Gasteiger partial charge is 0.153 e. The number of hydrogen-bond acceptors (Lipinski definition) is 3. The predicted molar refractivity (Wildman–Crippen MR) is 65.2 cm³/mol. The molecule has 0 amide bonds. The number of tetrazole rings is 1. The van der Waals surface area contributed by atoms with Gasteiger partial charge in [-0.1, -0.05) is 6.92 Å². The summed E-state index contributed by atoms with van der Waals surface area (Å²) in [4.78, 5) is 0. The van der Waals surface area contributed by atoms with Crippen molar-refractivity contribution < 1.29 is 4.39 Å². The van der Waals surface area contributed by atoms with Crippen LogP contribution in [0.5, 0.6) is 0 Å². The molecule has 1 saturated carbocycles. The van der Waals surface area contributed by atoms with Crippen LogP contribution in [0.3, 0.4) is 0 Å². The van der Waals surface area contributed by atoms with Gasteiger partial charge in [0, 0.05) is 0 Å². The molecule has 0 radical (unpaired) electrons. The number of halogens is 1. The van der Waals surface area contributed by atoms with Gasteiger partial charge in [0.15, 0.2) is 5.82 Å². The summed E-state index contributed by atoms with van der Waals surface area (Å²) in [5, 5.41) is 11.6. The molecule has 1 heterocycles. The molecule has 0 atom stereocenters. The third-order valence-corrected chi connectivity index (χ3v) is 3.45. The lowest BCUT2D eigenvalue weighted by Crippen LogP contribution is -2.06. The van der Waals surface area contributed by atoms with Gasteiger partial charge >= 0.3 is 0 Å². The van der Waals surface area contributed by atoms with Crippen molar-refractivity contribution in [1.29, 1.82) is 0 Å². The van der Waals surface area contributed by atoms with Crippen molar-refractivity contribution in [2.24, 2.45) is 0 Å². The summed E-state index contributed by atoms with van der Waals surface area (Å²) >= 11 is 0. The van der Waals surface area contributed by atoms with Crippen LogP contribution in [-0.4, -0.2) is 20.2 Å². The maximum Gasteiger partial charge on any atom is 0.153 e. The Hall–Kier alpha value is -1.78. The highest BCUT2D eigenvalue weighted by atomic mass is 19.1. The molecule has 5 heteroatoms. The van der Waals surface area contributed by atoms with Crippen LogP contribution in [-0.2, 0) is 6.42 Å². The van der Waals surface area contributed by atoms with E-state index in [4.69, 9.17) is 0 Å². The Labute approximate surface area is 105 Å². The second kappa shape index (κ2) is 4.15. The van der Waals surface area contributed by atoms with Gasteiger partial charge in [0.1, 0.15) is 5.82 Å². The van der Waals surface area contributed by atoms with Crippen LogP contribution >= 0.6 is 0 Å². The molecule has 18 heavy (non-hydrogen) atoms. The molecule has 3 rings (SSSR count). The standard InChI is InChI=1S/C13H15FN4/c1-3-9-6-13(18-8(2)15-16-17-18)11(7-12(9)14)10-4-5-10/h6-7,10H,3-5H2,1-2H3. The van der Waals surface area contributed by atoms with Crippen LogP contribution in [0.1, 0.15) is 42.6 Å². The summed E-state index contributed by atoms with van der Waals surface area (Å²) in [6, 6.07) is 3.54. The van der Waals surface area contributed by atoms with E-state index in [9.17, 15) is 4.39 Å². The van der Waals surface area contributed by atoms with E-state index >= 15 is 0 Å². The van der Waals surface area contributed by atoms with E-state index in [-0.39, 0.29) is 5.82 Å². The van der Waals surface area contributed by atoms with E-state index in [2.05, 4.69) is 15.5 Å². The second-order valence-corrected chi connectivity index (χ2v) is 4.77. The molecule has 0 saturated heterocycles. The summed E-state index contributed by atoms with van der Waals surface area (Å²) in [5.41, 5.74) is 2.67.